The number of carbonyl (C=O) groups excluding carboxylic acids is 1. The highest BCUT2D eigenvalue weighted by molar-refractivity contribution is 5.94. The van der Waals surface area contributed by atoms with Crippen LogP contribution >= 0.6 is 0 Å². The fourth-order valence-corrected chi connectivity index (χ4v) is 2.26. The summed E-state index contributed by atoms with van der Waals surface area (Å²) in [6.45, 7) is 4.80. The molecule has 3 N–H and O–H groups in total. The van der Waals surface area contributed by atoms with Crippen LogP contribution < -0.4 is 10.6 Å². The molecule has 1 amide bonds. The van der Waals surface area contributed by atoms with Gasteiger partial charge < -0.3 is 15.7 Å². The number of aliphatic hydroxyl groups is 1. The van der Waals surface area contributed by atoms with Crippen LogP contribution in [-0.4, -0.2) is 29.1 Å². The number of anilines is 2. The standard InChI is InChI=1S/C19H25N3O2/c1-19(2,14-23)10-3-11-21-18(24)15-4-6-16(7-5-15)22-17-8-12-20-13-9-17/h4-9,12-13,23H,3,10-11,14H2,1-2H3,(H,20,22)(H,21,24). The Morgan fingerprint density at radius 1 is 1.08 bits per heavy atom. The maximum atomic E-state index is 12.1. The number of hydrogen-bond donors (Lipinski definition) is 3. The molecule has 0 fully saturated rings. The summed E-state index contributed by atoms with van der Waals surface area (Å²) in [6.07, 6.45) is 5.17. The topological polar surface area (TPSA) is 74.2 Å². The summed E-state index contributed by atoms with van der Waals surface area (Å²) in [5.74, 6) is -0.0766. The van der Waals surface area contributed by atoms with Gasteiger partial charge in [0.05, 0.1) is 0 Å². The third kappa shape index (κ3) is 5.66. The third-order valence-corrected chi connectivity index (χ3v) is 3.86. The van der Waals surface area contributed by atoms with Crippen LogP contribution in [-0.2, 0) is 0 Å². The van der Waals surface area contributed by atoms with Gasteiger partial charge in [-0.15, -0.1) is 0 Å². The van der Waals surface area contributed by atoms with Gasteiger partial charge in [0.2, 0.25) is 0 Å². The zero-order valence-corrected chi connectivity index (χ0v) is 14.2. The van der Waals surface area contributed by atoms with Gasteiger partial charge in [0, 0.05) is 42.5 Å². The second-order valence-electron chi connectivity index (χ2n) is 6.62. The third-order valence-electron chi connectivity index (χ3n) is 3.86. The molecule has 1 heterocycles. The molecule has 2 rings (SSSR count). The van der Waals surface area contributed by atoms with Gasteiger partial charge in [0.15, 0.2) is 0 Å². The lowest BCUT2D eigenvalue weighted by Gasteiger charge is -2.21. The molecular weight excluding hydrogens is 302 g/mol. The predicted octanol–water partition coefficient (Wildman–Crippen LogP) is 3.35. The molecule has 2 aromatic rings. The SMILES string of the molecule is CC(C)(CO)CCCNC(=O)c1ccc(Nc2ccncc2)cc1. The number of nitrogens with zero attached hydrogens (tertiary/aromatic N) is 1. The zero-order valence-electron chi connectivity index (χ0n) is 14.2. The maximum Gasteiger partial charge on any atom is 0.251 e. The predicted molar refractivity (Wildman–Crippen MR) is 96.4 cm³/mol. The van der Waals surface area contributed by atoms with E-state index in [9.17, 15) is 9.90 Å². The average Bonchev–Trinajstić information content (AvgIpc) is 2.60. The van der Waals surface area contributed by atoms with E-state index in [0.717, 1.165) is 24.2 Å². The van der Waals surface area contributed by atoms with Crippen LogP contribution in [0.25, 0.3) is 0 Å². The van der Waals surface area contributed by atoms with Gasteiger partial charge in [-0.25, -0.2) is 0 Å². The van der Waals surface area contributed by atoms with Crippen LogP contribution in [0.2, 0.25) is 0 Å². The second kappa shape index (κ2) is 8.45. The van der Waals surface area contributed by atoms with E-state index >= 15 is 0 Å². The van der Waals surface area contributed by atoms with Crippen molar-refractivity contribution >= 4 is 17.3 Å². The van der Waals surface area contributed by atoms with E-state index in [4.69, 9.17) is 0 Å². The Labute approximate surface area is 143 Å². The van der Waals surface area contributed by atoms with E-state index in [1.165, 1.54) is 0 Å². The van der Waals surface area contributed by atoms with E-state index in [1.54, 1.807) is 24.5 Å². The minimum Gasteiger partial charge on any atom is -0.396 e. The number of amides is 1. The molecule has 0 unspecified atom stereocenters. The Morgan fingerprint density at radius 3 is 2.33 bits per heavy atom. The van der Waals surface area contributed by atoms with Crippen LogP contribution in [0.3, 0.4) is 0 Å². The molecule has 1 aromatic carbocycles. The summed E-state index contributed by atoms with van der Waals surface area (Å²) in [5.41, 5.74) is 2.42. The van der Waals surface area contributed by atoms with Crippen molar-refractivity contribution in [3.63, 3.8) is 0 Å². The lowest BCUT2D eigenvalue weighted by atomic mass is 9.89. The molecule has 0 saturated carbocycles. The Kier molecular flexibility index (Phi) is 6.32. The van der Waals surface area contributed by atoms with Crippen molar-refractivity contribution in [2.45, 2.75) is 26.7 Å². The van der Waals surface area contributed by atoms with Gasteiger partial charge in [0.25, 0.3) is 5.91 Å². The molecule has 0 bridgehead atoms. The molecule has 0 aliphatic heterocycles. The Morgan fingerprint density at radius 2 is 1.71 bits per heavy atom. The number of aromatic nitrogens is 1. The van der Waals surface area contributed by atoms with Crippen molar-refractivity contribution in [2.24, 2.45) is 5.41 Å². The number of rotatable bonds is 8. The molecule has 24 heavy (non-hydrogen) atoms. The van der Waals surface area contributed by atoms with Gasteiger partial charge in [0.1, 0.15) is 0 Å². The first kappa shape index (κ1) is 17.9. The average molecular weight is 327 g/mol. The van der Waals surface area contributed by atoms with Gasteiger partial charge >= 0.3 is 0 Å². The first-order chi connectivity index (χ1) is 11.5. The van der Waals surface area contributed by atoms with Crippen molar-refractivity contribution in [3.05, 3.63) is 54.4 Å². The minimum atomic E-state index is -0.0923. The molecule has 128 valence electrons. The number of benzene rings is 1. The number of aliphatic hydroxyl groups excluding tert-OH is 1. The molecule has 5 heteroatoms. The highest BCUT2D eigenvalue weighted by Gasteiger charge is 2.15. The van der Waals surface area contributed by atoms with Crippen LogP contribution in [0.5, 0.6) is 0 Å². The maximum absolute atomic E-state index is 12.1. The van der Waals surface area contributed by atoms with Crippen molar-refractivity contribution < 1.29 is 9.90 Å². The summed E-state index contributed by atoms with van der Waals surface area (Å²) in [6, 6.07) is 11.1. The summed E-state index contributed by atoms with van der Waals surface area (Å²) in [7, 11) is 0. The number of hydrogen-bond acceptors (Lipinski definition) is 4. The van der Waals surface area contributed by atoms with Crippen molar-refractivity contribution in [1.29, 1.82) is 0 Å². The highest BCUT2D eigenvalue weighted by Crippen LogP contribution is 2.20. The summed E-state index contributed by atoms with van der Waals surface area (Å²) in [5, 5.41) is 15.4. The second-order valence-corrected chi connectivity index (χ2v) is 6.62. The quantitative estimate of drug-likeness (QED) is 0.650. The van der Waals surface area contributed by atoms with E-state index in [0.29, 0.717) is 12.1 Å². The molecule has 0 aliphatic carbocycles. The van der Waals surface area contributed by atoms with Crippen molar-refractivity contribution in [3.8, 4) is 0 Å². The van der Waals surface area contributed by atoms with Gasteiger partial charge in [-0.3, -0.25) is 9.78 Å². The number of carbonyl (C=O) groups is 1. The largest absolute Gasteiger partial charge is 0.396 e. The monoisotopic (exact) mass is 327 g/mol. The first-order valence-corrected chi connectivity index (χ1v) is 8.16. The molecule has 0 spiro atoms. The molecular formula is C19H25N3O2. The lowest BCUT2D eigenvalue weighted by molar-refractivity contribution is 0.0948. The number of pyridine rings is 1. The van der Waals surface area contributed by atoms with Crippen LogP contribution in [0.15, 0.2) is 48.8 Å². The fraction of sp³-hybridized carbons (Fsp3) is 0.368. The van der Waals surface area contributed by atoms with Crippen LogP contribution in [0.4, 0.5) is 11.4 Å². The normalized spacial score (nSPS) is 11.1. The molecule has 1 aromatic heterocycles. The molecule has 0 radical (unpaired) electrons. The van der Waals surface area contributed by atoms with E-state index in [-0.39, 0.29) is 17.9 Å². The Hall–Kier alpha value is -2.40. The smallest absolute Gasteiger partial charge is 0.251 e. The summed E-state index contributed by atoms with van der Waals surface area (Å²) < 4.78 is 0. The van der Waals surface area contributed by atoms with Crippen LogP contribution in [0, 0.1) is 5.41 Å². The molecule has 0 atom stereocenters. The summed E-state index contributed by atoms with van der Waals surface area (Å²) in [4.78, 5) is 16.1. The van der Waals surface area contributed by atoms with E-state index in [1.807, 2.05) is 38.1 Å². The van der Waals surface area contributed by atoms with Gasteiger partial charge in [-0.1, -0.05) is 13.8 Å². The highest BCUT2D eigenvalue weighted by atomic mass is 16.3. The molecule has 0 aliphatic rings. The molecule has 0 saturated heterocycles. The Balaban J connectivity index is 1.81. The fourth-order valence-electron chi connectivity index (χ4n) is 2.26. The number of nitrogens with one attached hydrogen (secondary N) is 2. The van der Waals surface area contributed by atoms with Gasteiger partial charge in [-0.05, 0) is 54.7 Å². The van der Waals surface area contributed by atoms with Crippen LogP contribution in [0.1, 0.15) is 37.0 Å². The Bertz CT molecular complexity index is 639. The summed E-state index contributed by atoms with van der Waals surface area (Å²) >= 11 is 0. The zero-order chi connectivity index (χ0) is 17.4. The first-order valence-electron chi connectivity index (χ1n) is 8.16. The lowest BCUT2D eigenvalue weighted by Crippen LogP contribution is -2.26. The van der Waals surface area contributed by atoms with Crippen molar-refractivity contribution in [2.75, 3.05) is 18.5 Å². The van der Waals surface area contributed by atoms with Crippen molar-refractivity contribution in [1.82, 2.24) is 10.3 Å². The van der Waals surface area contributed by atoms with E-state index < -0.39 is 0 Å². The van der Waals surface area contributed by atoms with E-state index in [2.05, 4.69) is 15.6 Å². The minimum absolute atomic E-state index is 0.0766. The van der Waals surface area contributed by atoms with Gasteiger partial charge in [-0.2, -0.15) is 0 Å². The molecule has 5 nitrogen and oxygen atoms in total.